The van der Waals surface area contributed by atoms with Crippen molar-refractivity contribution in [3.05, 3.63) is 65.1 Å². The van der Waals surface area contributed by atoms with Gasteiger partial charge in [-0.2, -0.15) is 0 Å². The third-order valence-electron chi connectivity index (χ3n) is 3.50. The average Bonchev–Trinajstić information content (AvgIpc) is 2.79. The maximum absolute atomic E-state index is 13.0. The van der Waals surface area contributed by atoms with Crippen molar-refractivity contribution >= 4 is 0 Å². The average molecular weight is 316 g/mol. The number of rotatable bonds is 4. The van der Waals surface area contributed by atoms with Gasteiger partial charge in [-0.1, -0.05) is 12.1 Å². The van der Waals surface area contributed by atoms with Crippen molar-refractivity contribution in [2.75, 3.05) is 0 Å². The van der Waals surface area contributed by atoms with Gasteiger partial charge in [-0.3, -0.25) is 4.68 Å². The summed E-state index contributed by atoms with van der Waals surface area (Å²) in [5.41, 5.74) is 2.67. The van der Waals surface area contributed by atoms with Crippen LogP contribution < -0.4 is 4.74 Å². The highest BCUT2D eigenvalue weighted by Gasteiger charge is 2.16. The number of ether oxygens (including phenoxy) is 1. The second-order valence-electron chi connectivity index (χ2n) is 5.08. The summed E-state index contributed by atoms with van der Waals surface area (Å²) in [5.74, 6) is -0.477. The number of hydrogen-bond donors (Lipinski definition) is 0. The summed E-state index contributed by atoms with van der Waals surface area (Å²) in [6, 6.07) is 6.25. The van der Waals surface area contributed by atoms with E-state index in [0.717, 1.165) is 29.2 Å². The molecule has 0 bridgehead atoms. The normalized spacial score (nSPS) is 10.8. The highest BCUT2D eigenvalue weighted by molar-refractivity contribution is 5.37. The standard InChI is InChI=1S/C16H14F2N4O/c1-10-14(7-11-3-5-12(17)6-4-11)15(21-22(10)2)23-16-19-8-13(18)9-20-16/h3-6,8-9H,7H2,1-2H3. The summed E-state index contributed by atoms with van der Waals surface area (Å²) < 4.78 is 33.1. The van der Waals surface area contributed by atoms with Crippen molar-refractivity contribution in [2.24, 2.45) is 7.05 Å². The van der Waals surface area contributed by atoms with Crippen LogP contribution >= 0.6 is 0 Å². The molecule has 0 radical (unpaired) electrons. The molecule has 0 aliphatic rings. The van der Waals surface area contributed by atoms with E-state index >= 15 is 0 Å². The lowest BCUT2D eigenvalue weighted by Crippen LogP contribution is -1.97. The van der Waals surface area contributed by atoms with E-state index in [1.165, 1.54) is 12.1 Å². The van der Waals surface area contributed by atoms with Crippen molar-refractivity contribution in [3.63, 3.8) is 0 Å². The van der Waals surface area contributed by atoms with Crippen LogP contribution in [0.1, 0.15) is 16.8 Å². The monoisotopic (exact) mass is 316 g/mol. The van der Waals surface area contributed by atoms with Crippen molar-refractivity contribution in [1.29, 1.82) is 0 Å². The smallest absolute Gasteiger partial charge is 0.323 e. The number of nitrogens with zero attached hydrogens (tertiary/aromatic N) is 4. The predicted molar refractivity (Wildman–Crippen MR) is 79.2 cm³/mol. The van der Waals surface area contributed by atoms with Gasteiger partial charge >= 0.3 is 6.01 Å². The fraction of sp³-hybridized carbons (Fsp3) is 0.188. The van der Waals surface area contributed by atoms with Gasteiger partial charge in [-0.25, -0.2) is 18.7 Å². The molecule has 0 aliphatic heterocycles. The molecule has 0 aliphatic carbocycles. The molecule has 7 heteroatoms. The van der Waals surface area contributed by atoms with Gasteiger partial charge in [0.2, 0.25) is 5.88 Å². The highest BCUT2D eigenvalue weighted by Crippen LogP contribution is 2.26. The highest BCUT2D eigenvalue weighted by atomic mass is 19.1. The first-order chi connectivity index (χ1) is 11.0. The Labute approximate surface area is 131 Å². The van der Waals surface area contributed by atoms with Crippen LogP contribution in [0.3, 0.4) is 0 Å². The summed E-state index contributed by atoms with van der Waals surface area (Å²) in [4.78, 5) is 7.53. The molecule has 0 saturated carbocycles. The topological polar surface area (TPSA) is 52.8 Å². The lowest BCUT2D eigenvalue weighted by atomic mass is 10.1. The van der Waals surface area contributed by atoms with Crippen LogP contribution in [-0.2, 0) is 13.5 Å². The molecule has 0 fully saturated rings. The molecule has 2 aromatic heterocycles. The van der Waals surface area contributed by atoms with Gasteiger partial charge in [0.1, 0.15) is 5.82 Å². The Hall–Kier alpha value is -2.83. The third-order valence-corrected chi connectivity index (χ3v) is 3.50. The van der Waals surface area contributed by atoms with Crippen LogP contribution in [0.2, 0.25) is 0 Å². The SMILES string of the molecule is Cc1c(Cc2ccc(F)cc2)c(Oc2ncc(F)cn2)nn1C. The van der Waals surface area contributed by atoms with E-state index < -0.39 is 5.82 Å². The van der Waals surface area contributed by atoms with E-state index in [-0.39, 0.29) is 11.8 Å². The zero-order chi connectivity index (χ0) is 16.4. The Bertz CT molecular complexity index is 813. The van der Waals surface area contributed by atoms with E-state index in [1.54, 1.807) is 23.9 Å². The molecule has 0 spiro atoms. The first-order valence-corrected chi connectivity index (χ1v) is 6.95. The second kappa shape index (κ2) is 6.12. The van der Waals surface area contributed by atoms with E-state index in [4.69, 9.17) is 4.74 Å². The zero-order valence-corrected chi connectivity index (χ0v) is 12.6. The molecule has 0 unspecified atom stereocenters. The van der Waals surface area contributed by atoms with Crippen LogP contribution in [0.15, 0.2) is 36.7 Å². The molecule has 118 valence electrons. The first-order valence-electron chi connectivity index (χ1n) is 6.95. The van der Waals surface area contributed by atoms with Gasteiger partial charge in [-0.15, -0.1) is 5.10 Å². The molecule has 1 aromatic carbocycles. The van der Waals surface area contributed by atoms with Gasteiger partial charge in [0.25, 0.3) is 0 Å². The minimum absolute atomic E-state index is 0.0184. The molecule has 5 nitrogen and oxygen atoms in total. The fourth-order valence-electron chi connectivity index (χ4n) is 2.15. The first kappa shape index (κ1) is 15.1. The Morgan fingerprint density at radius 1 is 1.04 bits per heavy atom. The number of hydrogen-bond acceptors (Lipinski definition) is 4. The largest absolute Gasteiger partial charge is 0.403 e. The Morgan fingerprint density at radius 3 is 2.35 bits per heavy atom. The summed E-state index contributed by atoms with van der Waals surface area (Å²) in [7, 11) is 1.79. The van der Waals surface area contributed by atoms with Crippen LogP contribution in [0, 0.1) is 18.6 Å². The lowest BCUT2D eigenvalue weighted by Gasteiger charge is -2.05. The van der Waals surface area contributed by atoms with E-state index in [0.29, 0.717) is 12.3 Å². The minimum Gasteiger partial charge on any atom is -0.403 e. The fourth-order valence-corrected chi connectivity index (χ4v) is 2.15. The second-order valence-corrected chi connectivity index (χ2v) is 5.08. The quantitative estimate of drug-likeness (QED) is 0.742. The van der Waals surface area contributed by atoms with Crippen molar-refractivity contribution < 1.29 is 13.5 Å². The molecular formula is C16H14F2N4O. The molecule has 2 heterocycles. The molecule has 23 heavy (non-hydrogen) atoms. The Kier molecular flexibility index (Phi) is 4.01. The number of aryl methyl sites for hydroxylation is 1. The molecule has 0 N–H and O–H groups in total. The molecule has 0 amide bonds. The van der Waals surface area contributed by atoms with Crippen LogP contribution in [0.25, 0.3) is 0 Å². The van der Waals surface area contributed by atoms with Gasteiger partial charge in [-0.05, 0) is 24.6 Å². The molecular weight excluding hydrogens is 302 g/mol. The Balaban J connectivity index is 1.90. The van der Waals surface area contributed by atoms with Crippen molar-refractivity contribution in [1.82, 2.24) is 19.7 Å². The van der Waals surface area contributed by atoms with Gasteiger partial charge in [0, 0.05) is 24.7 Å². The maximum Gasteiger partial charge on any atom is 0.323 e. The van der Waals surface area contributed by atoms with Crippen molar-refractivity contribution in [3.8, 4) is 11.9 Å². The third kappa shape index (κ3) is 3.33. The van der Waals surface area contributed by atoms with Crippen molar-refractivity contribution in [2.45, 2.75) is 13.3 Å². The van der Waals surface area contributed by atoms with Gasteiger partial charge < -0.3 is 4.74 Å². The van der Waals surface area contributed by atoms with E-state index in [9.17, 15) is 8.78 Å². The van der Waals surface area contributed by atoms with Gasteiger partial charge in [0.05, 0.1) is 12.4 Å². The summed E-state index contributed by atoms with van der Waals surface area (Å²) >= 11 is 0. The summed E-state index contributed by atoms with van der Waals surface area (Å²) in [6.07, 6.45) is 2.58. The van der Waals surface area contributed by atoms with Crippen LogP contribution in [0.5, 0.6) is 11.9 Å². The lowest BCUT2D eigenvalue weighted by molar-refractivity contribution is 0.411. The van der Waals surface area contributed by atoms with E-state index in [2.05, 4.69) is 15.1 Å². The Morgan fingerprint density at radius 2 is 1.70 bits per heavy atom. The predicted octanol–water partition coefficient (Wildman–Crippen LogP) is 3.18. The number of benzene rings is 1. The summed E-state index contributed by atoms with van der Waals surface area (Å²) in [6.45, 7) is 1.91. The number of aromatic nitrogens is 4. The van der Waals surface area contributed by atoms with E-state index in [1.807, 2.05) is 6.92 Å². The molecule has 0 saturated heterocycles. The van der Waals surface area contributed by atoms with Gasteiger partial charge in [0.15, 0.2) is 5.82 Å². The number of halogens is 2. The maximum atomic E-state index is 13.0. The molecule has 3 aromatic rings. The summed E-state index contributed by atoms with van der Waals surface area (Å²) in [5, 5.41) is 4.29. The molecule has 3 rings (SSSR count). The van der Waals surface area contributed by atoms with Crippen LogP contribution in [0.4, 0.5) is 8.78 Å². The molecule has 0 atom stereocenters. The minimum atomic E-state index is -0.541. The zero-order valence-electron chi connectivity index (χ0n) is 12.6. The van der Waals surface area contributed by atoms with Crippen LogP contribution in [-0.4, -0.2) is 19.7 Å².